The van der Waals surface area contributed by atoms with Crippen molar-refractivity contribution in [1.29, 1.82) is 0 Å². The molecule has 0 unspecified atom stereocenters. The van der Waals surface area contributed by atoms with Crippen LogP contribution in [0.2, 0.25) is 0 Å². The Hall–Kier alpha value is -0.860. The Morgan fingerprint density at radius 3 is 2.12 bits per heavy atom. The summed E-state index contributed by atoms with van der Waals surface area (Å²) < 4.78 is 0. The first kappa shape index (κ1) is 14.2. The van der Waals surface area contributed by atoms with E-state index in [0.717, 1.165) is 18.7 Å². The Morgan fingerprint density at radius 1 is 1.24 bits per heavy atom. The molecule has 3 heteroatoms. The van der Waals surface area contributed by atoms with Gasteiger partial charge in [-0.2, -0.15) is 0 Å². The molecule has 1 amide bonds. The van der Waals surface area contributed by atoms with Crippen LogP contribution in [-0.2, 0) is 4.79 Å². The lowest BCUT2D eigenvalue weighted by molar-refractivity contribution is -0.124. The van der Waals surface area contributed by atoms with E-state index in [9.17, 15) is 4.79 Å². The van der Waals surface area contributed by atoms with Crippen LogP contribution in [0.1, 0.15) is 59.3 Å². The monoisotopic (exact) mass is 238 g/mol. The SMILES string of the molecule is CCCCC(C)(CCCC)C1=NCC(=O)N1C. The first-order valence-electron chi connectivity index (χ1n) is 6.86. The van der Waals surface area contributed by atoms with Crippen molar-refractivity contribution in [2.45, 2.75) is 59.3 Å². The molecular weight excluding hydrogens is 212 g/mol. The van der Waals surface area contributed by atoms with Gasteiger partial charge in [-0.1, -0.05) is 46.5 Å². The molecule has 17 heavy (non-hydrogen) atoms. The fourth-order valence-corrected chi connectivity index (χ4v) is 2.55. The highest BCUT2D eigenvalue weighted by Crippen LogP contribution is 2.34. The van der Waals surface area contributed by atoms with E-state index in [1.54, 1.807) is 4.90 Å². The van der Waals surface area contributed by atoms with Gasteiger partial charge in [-0.25, -0.2) is 0 Å². The first-order valence-corrected chi connectivity index (χ1v) is 6.86. The predicted octanol–water partition coefficient (Wildman–Crippen LogP) is 3.24. The smallest absolute Gasteiger partial charge is 0.249 e. The number of carbonyl (C=O) groups is 1. The molecular formula is C14H26N2O. The molecule has 1 aliphatic rings. The van der Waals surface area contributed by atoms with Gasteiger partial charge >= 0.3 is 0 Å². The summed E-state index contributed by atoms with van der Waals surface area (Å²) in [6.45, 7) is 7.04. The molecule has 0 aliphatic carbocycles. The number of hydrogen-bond donors (Lipinski definition) is 0. The van der Waals surface area contributed by atoms with Gasteiger partial charge in [-0.3, -0.25) is 9.79 Å². The van der Waals surface area contributed by atoms with Crippen LogP contribution in [-0.4, -0.2) is 30.2 Å². The molecule has 0 N–H and O–H groups in total. The highest BCUT2D eigenvalue weighted by atomic mass is 16.2. The van der Waals surface area contributed by atoms with Crippen LogP contribution >= 0.6 is 0 Å². The zero-order valence-corrected chi connectivity index (χ0v) is 11.8. The molecule has 0 aromatic heterocycles. The second kappa shape index (κ2) is 6.18. The second-order valence-electron chi connectivity index (χ2n) is 5.36. The maximum Gasteiger partial charge on any atom is 0.249 e. The number of unbranched alkanes of at least 4 members (excludes halogenated alkanes) is 2. The molecule has 0 atom stereocenters. The van der Waals surface area contributed by atoms with Gasteiger partial charge in [0.05, 0.1) is 0 Å². The fourth-order valence-electron chi connectivity index (χ4n) is 2.55. The number of aliphatic imine (C=N–C) groups is 1. The third kappa shape index (κ3) is 3.30. The average Bonchev–Trinajstić information content (AvgIpc) is 2.65. The molecule has 1 rings (SSSR count). The predicted molar refractivity (Wildman–Crippen MR) is 72.2 cm³/mol. The van der Waals surface area contributed by atoms with Crippen LogP contribution in [0.15, 0.2) is 4.99 Å². The van der Waals surface area contributed by atoms with Crippen LogP contribution in [0.25, 0.3) is 0 Å². The number of amides is 1. The van der Waals surface area contributed by atoms with Gasteiger partial charge in [0.15, 0.2) is 0 Å². The fraction of sp³-hybridized carbons (Fsp3) is 0.857. The van der Waals surface area contributed by atoms with Gasteiger partial charge in [0, 0.05) is 12.5 Å². The van der Waals surface area contributed by atoms with E-state index in [4.69, 9.17) is 0 Å². The topological polar surface area (TPSA) is 32.7 Å². The number of amidine groups is 1. The minimum Gasteiger partial charge on any atom is -0.302 e. The molecule has 0 saturated carbocycles. The third-order valence-electron chi connectivity index (χ3n) is 3.76. The molecule has 0 saturated heterocycles. The van der Waals surface area contributed by atoms with Crippen molar-refractivity contribution in [2.75, 3.05) is 13.6 Å². The number of carbonyl (C=O) groups excluding carboxylic acids is 1. The van der Waals surface area contributed by atoms with Gasteiger partial charge < -0.3 is 4.90 Å². The molecule has 98 valence electrons. The van der Waals surface area contributed by atoms with Crippen molar-refractivity contribution in [3.05, 3.63) is 0 Å². The summed E-state index contributed by atoms with van der Waals surface area (Å²) in [4.78, 5) is 17.8. The zero-order valence-electron chi connectivity index (χ0n) is 11.8. The number of nitrogens with zero attached hydrogens (tertiary/aromatic N) is 2. The minimum atomic E-state index is 0.0902. The van der Waals surface area contributed by atoms with Crippen LogP contribution in [0, 0.1) is 5.41 Å². The molecule has 0 fully saturated rings. The molecule has 0 aromatic rings. The Bertz CT molecular complexity index is 289. The van der Waals surface area contributed by atoms with E-state index in [1.807, 2.05) is 7.05 Å². The van der Waals surface area contributed by atoms with Crippen molar-refractivity contribution in [3.8, 4) is 0 Å². The normalized spacial score (nSPS) is 16.6. The van der Waals surface area contributed by atoms with E-state index in [0.29, 0.717) is 6.54 Å². The number of rotatable bonds is 7. The maximum atomic E-state index is 11.6. The molecule has 3 nitrogen and oxygen atoms in total. The van der Waals surface area contributed by atoms with E-state index in [1.165, 1.54) is 25.7 Å². The maximum absolute atomic E-state index is 11.6. The molecule has 0 spiro atoms. The van der Waals surface area contributed by atoms with Crippen molar-refractivity contribution < 1.29 is 4.79 Å². The van der Waals surface area contributed by atoms with E-state index < -0.39 is 0 Å². The van der Waals surface area contributed by atoms with Crippen molar-refractivity contribution >= 4 is 11.7 Å². The Morgan fingerprint density at radius 2 is 1.76 bits per heavy atom. The minimum absolute atomic E-state index is 0.0902. The van der Waals surface area contributed by atoms with Gasteiger partial charge in [-0.05, 0) is 12.8 Å². The molecule has 1 aliphatic heterocycles. The van der Waals surface area contributed by atoms with Gasteiger partial charge in [-0.15, -0.1) is 0 Å². The zero-order chi connectivity index (χ0) is 12.9. The van der Waals surface area contributed by atoms with Crippen LogP contribution in [0.3, 0.4) is 0 Å². The summed E-state index contributed by atoms with van der Waals surface area (Å²) in [5, 5.41) is 0. The standard InChI is InChI=1S/C14H26N2O/c1-5-7-9-14(3,10-8-6-2)13-15-11-12(17)16(13)4/h5-11H2,1-4H3. The third-order valence-corrected chi connectivity index (χ3v) is 3.76. The van der Waals surface area contributed by atoms with Crippen molar-refractivity contribution in [1.82, 2.24) is 4.90 Å². The Balaban J connectivity index is 2.78. The lowest BCUT2D eigenvalue weighted by atomic mass is 9.78. The summed E-state index contributed by atoms with van der Waals surface area (Å²) in [5.41, 5.74) is 0.0902. The lowest BCUT2D eigenvalue weighted by Gasteiger charge is -2.33. The van der Waals surface area contributed by atoms with Gasteiger partial charge in [0.2, 0.25) is 5.91 Å². The summed E-state index contributed by atoms with van der Waals surface area (Å²) in [5.74, 6) is 1.16. The lowest BCUT2D eigenvalue weighted by Crippen LogP contribution is -2.40. The molecule has 0 bridgehead atoms. The summed E-state index contributed by atoms with van der Waals surface area (Å²) in [6.07, 6.45) is 7.10. The molecule has 0 radical (unpaired) electrons. The van der Waals surface area contributed by atoms with Gasteiger partial charge in [0.25, 0.3) is 0 Å². The van der Waals surface area contributed by atoms with E-state index in [-0.39, 0.29) is 11.3 Å². The molecule has 1 heterocycles. The second-order valence-corrected chi connectivity index (χ2v) is 5.36. The van der Waals surface area contributed by atoms with Crippen molar-refractivity contribution in [2.24, 2.45) is 10.4 Å². The Kier molecular flexibility index (Phi) is 5.16. The van der Waals surface area contributed by atoms with Crippen LogP contribution in [0.4, 0.5) is 0 Å². The Labute approximate surface area is 105 Å². The quantitative estimate of drug-likeness (QED) is 0.670. The average molecular weight is 238 g/mol. The summed E-state index contributed by atoms with van der Waals surface area (Å²) >= 11 is 0. The van der Waals surface area contributed by atoms with Gasteiger partial charge in [0.1, 0.15) is 12.4 Å². The first-order chi connectivity index (χ1) is 8.05. The number of hydrogen-bond acceptors (Lipinski definition) is 2. The highest BCUT2D eigenvalue weighted by Gasteiger charge is 2.36. The van der Waals surface area contributed by atoms with Crippen LogP contribution < -0.4 is 0 Å². The number of likely N-dealkylation sites (N-methyl/N-ethyl adjacent to an activating group) is 1. The van der Waals surface area contributed by atoms with Crippen LogP contribution in [0.5, 0.6) is 0 Å². The van der Waals surface area contributed by atoms with Crippen molar-refractivity contribution in [3.63, 3.8) is 0 Å². The van der Waals surface area contributed by atoms with E-state index >= 15 is 0 Å². The molecule has 0 aromatic carbocycles. The summed E-state index contributed by atoms with van der Waals surface area (Å²) in [6, 6.07) is 0. The largest absolute Gasteiger partial charge is 0.302 e. The van der Waals surface area contributed by atoms with E-state index in [2.05, 4.69) is 25.8 Å². The summed E-state index contributed by atoms with van der Waals surface area (Å²) in [7, 11) is 1.87. The highest BCUT2D eigenvalue weighted by molar-refractivity contribution is 6.06.